The lowest BCUT2D eigenvalue weighted by molar-refractivity contribution is -0.140. The van der Waals surface area contributed by atoms with Crippen LogP contribution in [-0.4, -0.2) is 15.6 Å². The number of aliphatic carboxylic acids is 1. The molecule has 2 N–H and O–H groups in total. The number of carboxylic acids is 1. The number of alkyl halides is 3. The van der Waals surface area contributed by atoms with Crippen LogP contribution in [0.5, 0.6) is 0 Å². The molecule has 4 aromatic rings. The number of aromatic nitrogens is 1. The zero-order chi connectivity index (χ0) is 22.7. The predicted molar refractivity (Wildman–Crippen MR) is 123 cm³/mol. The normalized spacial score (nSPS) is 12.3. The van der Waals surface area contributed by atoms with E-state index in [0.29, 0.717) is 17.7 Å². The fraction of sp³-hybridized carbons (Fsp3) is 0.160. The Morgan fingerprint density at radius 2 is 1.61 bits per heavy atom. The second kappa shape index (κ2) is 10.1. The van der Waals surface area contributed by atoms with Gasteiger partial charge < -0.3 is 9.67 Å². The Morgan fingerprint density at radius 1 is 0.939 bits per heavy atom. The summed E-state index contributed by atoms with van der Waals surface area (Å²) >= 11 is 0. The zero-order valence-electron chi connectivity index (χ0n) is 17.4. The third kappa shape index (κ3) is 5.56. The molecule has 0 aliphatic rings. The first-order valence-electron chi connectivity index (χ1n) is 10.1. The Hall–Kier alpha value is -3.29. The average molecular weight is 475 g/mol. The molecule has 0 radical (unpaired) electrons. The molecule has 1 heterocycles. The van der Waals surface area contributed by atoms with E-state index in [4.69, 9.17) is 0 Å². The standard InChI is InChI=1S/C25H21F3N2O2.ClH/c26-25(27,28)19-10-6-9-18(13-19)14-29-23(24(31)32)21-16-30(15-17-7-2-1-3-8-17)22-12-5-4-11-20(21)22;/h1-13,16,23,29H,14-15H2,(H,31,32);1H. The van der Waals surface area contributed by atoms with Gasteiger partial charge >= 0.3 is 12.1 Å². The number of hydrogen-bond donors (Lipinski definition) is 2. The van der Waals surface area contributed by atoms with Crippen molar-refractivity contribution in [2.24, 2.45) is 0 Å². The summed E-state index contributed by atoms with van der Waals surface area (Å²) in [6.07, 6.45) is -2.65. The minimum Gasteiger partial charge on any atom is -0.480 e. The number of rotatable bonds is 7. The molecule has 1 aromatic heterocycles. The van der Waals surface area contributed by atoms with Crippen molar-refractivity contribution in [2.45, 2.75) is 25.3 Å². The summed E-state index contributed by atoms with van der Waals surface area (Å²) in [4.78, 5) is 12.1. The molecule has 0 spiro atoms. The number of nitrogens with zero attached hydrogens (tertiary/aromatic N) is 1. The number of para-hydroxylation sites is 1. The highest BCUT2D eigenvalue weighted by atomic mass is 35.5. The lowest BCUT2D eigenvalue weighted by atomic mass is 10.0. The molecule has 172 valence electrons. The summed E-state index contributed by atoms with van der Waals surface area (Å²) in [7, 11) is 0. The van der Waals surface area contributed by atoms with Crippen LogP contribution in [0.2, 0.25) is 0 Å². The van der Waals surface area contributed by atoms with Crippen LogP contribution in [0.1, 0.15) is 28.3 Å². The Morgan fingerprint density at radius 3 is 2.30 bits per heavy atom. The summed E-state index contributed by atoms with van der Waals surface area (Å²) in [6.45, 7) is 0.556. The first-order chi connectivity index (χ1) is 15.3. The lowest BCUT2D eigenvalue weighted by Crippen LogP contribution is -2.28. The van der Waals surface area contributed by atoms with E-state index in [0.717, 1.165) is 28.6 Å². The molecule has 1 atom stereocenters. The quantitative estimate of drug-likeness (QED) is 0.343. The van der Waals surface area contributed by atoms with Gasteiger partial charge in [0.2, 0.25) is 0 Å². The molecule has 0 saturated carbocycles. The van der Waals surface area contributed by atoms with E-state index in [1.54, 1.807) is 12.3 Å². The van der Waals surface area contributed by atoms with Crippen molar-refractivity contribution in [1.82, 2.24) is 9.88 Å². The van der Waals surface area contributed by atoms with Gasteiger partial charge in [0.25, 0.3) is 0 Å². The van der Waals surface area contributed by atoms with Gasteiger partial charge in [-0.1, -0.05) is 66.7 Å². The Labute approximate surface area is 195 Å². The van der Waals surface area contributed by atoms with Crippen molar-refractivity contribution in [3.63, 3.8) is 0 Å². The van der Waals surface area contributed by atoms with Crippen LogP contribution in [0.15, 0.2) is 85.1 Å². The molecule has 0 aliphatic carbocycles. The fourth-order valence-electron chi connectivity index (χ4n) is 3.82. The number of nitrogens with one attached hydrogen (secondary N) is 1. The summed E-state index contributed by atoms with van der Waals surface area (Å²) in [5.74, 6) is -1.10. The van der Waals surface area contributed by atoms with E-state index in [9.17, 15) is 23.1 Å². The van der Waals surface area contributed by atoms with E-state index in [1.165, 1.54) is 6.07 Å². The highest BCUT2D eigenvalue weighted by molar-refractivity contribution is 5.89. The smallest absolute Gasteiger partial charge is 0.416 e. The van der Waals surface area contributed by atoms with E-state index in [2.05, 4.69) is 5.32 Å². The van der Waals surface area contributed by atoms with Crippen molar-refractivity contribution in [3.8, 4) is 0 Å². The van der Waals surface area contributed by atoms with Gasteiger partial charge in [-0.05, 0) is 23.3 Å². The minimum absolute atomic E-state index is 0. The maximum atomic E-state index is 13.0. The number of carboxylic acid groups (broad SMARTS) is 1. The van der Waals surface area contributed by atoms with Gasteiger partial charge in [0, 0.05) is 35.8 Å². The first-order valence-corrected chi connectivity index (χ1v) is 10.1. The molecule has 4 nitrogen and oxygen atoms in total. The molecular weight excluding hydrogens is 453 g/mol. The van der Waals surface area contributed by atoms with E-state index >= 15 is 0 Å². The van der Waals surface area contributed by atoms with Crippen molar-refractivity contribution in [3.05, 3.63) is 107 Å². The molecule has 8 heteroatoms. The lowest BCUT2D eigenvalue weighted by Gasteiger charge is -2.15. The van der Waals surface area contributed by atoms with E-state index in [-0.39, 0.29) is 19.0 Å². The Kier molecular flexibility index (Phi) is 7.46. The molecule has 4 rings (SSSR count). The number of hydrogen-bond acceptors (Lipinski definition) is 2. The monoisotopic (exact) mass is 474 g/mol. The molecule has 0 aliphatic heterocycles. The van der Waals surface area contributed by atoms with E-state index < -0.39 is 23.8 Å². The van der Waals surface area contributed by atoms with Gasteiger partial charge in [0.15, 0.2) is 0 Å². The minimum atomic E-state index is -4.45. The summed E-state index contributed by atoms with van der Waals surface area (Å²) < 4.78 is 41.0. The van der Waals surface area contributed by atoms with Gasteiger partial charge in [-0.2, -0.15) is 13.2 Å². The molecular formula is C25H22ClF3N2O2. The SMILES string of the molecule is Cl.O=C(O)C(NCc1cccc(C(F)(F)F)c1)c1cn(Cc2ccccc2)c2ccccc12. The summed E-state index contributed by atoms with van der Waals surface area (Å²) in [5, 5.41) is 13.6. The topological polar surface area (TPSA) is 54.3 Å². The largest absolute Gasteiger partial charge is 0.480 e. The second-order valence-corrected chi connectivity index (χ2v) is 7.57. The van der Waals surface area contributed by atoms with Crippen molar-refractivity contribution in [1.29, 1.82) is 0 Å². The number of benzene rings is 3. The van der Waals surface area contributed by atoms with E-state index in [1.807, 2.05) is 59.2 Å². The molecule has 33 heavy (non-hydrogen) atoms. The van der Waals surface area contributed by atoms with Crippen LogP contribution in [-0.2, 0) is 24.1 Å². The van der Waals surface area contributed by atoms with Crippen LogP contribution in [0, 0.1) is 0 Å². The Bertz CT molecular complexity index is 1240. The van der Waals surface area contributed by atoms with Gasteiger partial charge in [0.05, 0.1) is 5.56 Å². The fourth-order valence-corrected chi connectivity index (χ4v) is 3.82. The Balaban J connectivity index is 0.00000306. The maximum Gasteiger partial charge on any atom is 0.416 e. The molecule has 0 fully saturated rings. The third-order valence-electron chi connectivity index (χ3n) is 5.34. The average Bonchev–Trinajstić information content (AvgIpc) is 3.12. The number of carbonyl (C=O) groups is 1. The third-order valence-corrected chi connectivity index (χ3v) is 5.34. The zero-order valence-corrected chi connectivity index (χ0v) is 18.2. The second-order valence-electron chi connectivity index (χ2n) is 7.57. The van der Waals surface area contributed by atoms with Crippen molar-refractivity contribution in [2.75, 3.05) is 0 Å². The van der Waals surface area contributed by atoms with Crippen LogP contribution >= 0.6 is 12.4 Å². The van der Waals surface area contributed by atoms with Crippen LogP contribution < -0.4 is 5.32 Å². The van der Waals surface area contributed by atoms with Crippen LogP contribution in [0.25, 0.3) is 10.9 Å². The van der Waals surface area contributed by atoms with Crippen molar-refractivity contribution < 1.29 is 23.1 Å². The summed E-state index contributed by atoms with van der Waals surface area (Å²) in [5.41, 5.74) is 2.13. The number of fused-ring (bicyclic) bond motifs is 1. The van der Waals surface area contributed by atoms with Crippen LogP contribution in [0.4, 0.5) is 13.2 Å². The van der Waals surface area contributed by atoms with Gasteiger partial charge in [-0.15, -0.1) is 12.4 Å². The van der Waals surface area contributed by atoms with Crippen molar-refractivity contribution >= 4 is 29.3 Å². The highest BCUT2D eigenvalue weighted by Gasteiger charge is 2.30. The maximum absolute atomic E-state index is 13.0. The van der Waals surface area contributed by atoms with Crippen LogP contribution in [0.3, 0.4) is 0 Å². The van der Waals surface area contributed by atoms with Gasteiger partial charge in [0.1, 0.15) is 6.04 Å². The highest BCUT2D eigenvalue weighted by Crippen LogP contribution is 2.30. The molecule has 1 unspecified atom stereocenters. The predicted octanol–water partition coefficient (Wildman–Crippen LogP) is 6.05. The molecule has 0 bridgehead atoms. The molecule has 0 amide bonds. The van der Waals surface area contributed by atoms with Gasteiger partial charge in [-0.25, -0.2) is 0 Å². The first kappa shape index (κ1) is 24.4. The molecule has 0 saturated heterocycles. The number of halogens is 4. The van der Waals surface area contributed by atoms with Gasteiger partial charge in [-0.3, -0.25) is 10.1 Å². The molecule has 3 aromatic carbocycles. The summed E-state index contributed by atoms with van der Waals surface area (Å²) in [6, 6.07) is 21.1.